The number of aryl methyl sites for hydroxylation is 1. The molecule has 1 aromatic heterocycles. The number of alkyl halides is 3. The number of aromatic nitrogens is 1. The minimum absolute atomic E-state index is 0.0256. The molecule has 1 unspecified atom stereocenters. The standard InChI is InChI=1S/C15H19F3N2O/c1-3-14-20-12-9-11(6-7-13(12)21-14)19-10(2)5-4-8-15(16,17)18/h6-7,9-10,19H,3-5,8H2,1-2H3. The highest BCUT2D eigenvalue weighted by Crippen LogP contribution is 2.24. The maximum atomic E-state index is 12.1. The van der Waals surface area contributed by atoms with Crippen LogP contribution < -0.4 is 5.32 Å². The van der Waals surface area contributed by atoms with E-state index in [1.807, 2.05) is 32.0 Å². The second-order valence-electron chi connectivity index (χ2n) is 5.20. The van der Waals surface area contributed by atoms with Crippen molar-refractivity contribution in [3.8, 4) is 0 Å². The Morgan fingerprint density at radius 1 is 1.33 bits per heavy atom. The van der Waals surface area contributed by atoms with Crippen molar-refractivity contribution in [3.05, 3.63) is 24.1 Å². The maximum Gasteiger partial charge on any atom is 0.389 e. The summed E-state index contributed by atoms with van der Waals surface area (Å²) in [5, 5.41) is 3.20. The summed E-state index contributed by atoms with van der Waals surface area (Å²) < 4.78 is 41.8. The Balaban J connectivity index is 1.92. The van der Waals surface area contributed by atoms with Crippen LogP contribution in [0.25, 0.3) is 11.1 Å². The smallest absolute Gasteiger partial charge is 0.389 e. The van der Waals surface area contributed by atoms with E-state index in [4.69, 9.17) is 4.42 Å². The van der Waals surface area contributed by atoms with Gasteiger partial charge in [-0.25, -0.2) is 4.98 Å². The van der Waals surface area contributed by atoms with Gasteiger partial charge >= 0.3 is 6.18 Å². The topological polar surface area (TPSA) is 38.1 Å². The molecular formula is C15H19F3N2O. The molecule has 1 N–H and O–H groups in total. The first-order valence-electron chi connectivity index (χ1n) is 7.10. The Morgan fingerprint density at radius 2 is 2.10 bits per heavy atom. The van der Waals surface area contributed by atoms with Gasteiger partial charge in [0, 0.05) is 24.6 Å². The van der Waals surface area contributed by atoms with Crippen molar-refractivity contribution in [1.82, 2.24) is 4.98 Å². The quantitative estimate of drug-likeness (QED) is 0.822. The largest absolute Gasteiger partial charge is 0.441 e. The van der Waals surface area contributed by atoms with Gasteiger partial charge in [-0.05, 0) is 38.0 Å². The van der Waals surface area contributed by atoms with E-state index < -0.39 is 12.6 Å². The number of benzene rings is 1. The first kappa shape index (κ1) is 15.7. The van der Waals surface area contributed by atoms with Crippen LogP contribution in [-0.2, 0) is 6.42 Å². The van der Waals surface area contributed by atoms with Gasteiger partial charge in [0.15, 0.2) is 11.5 Å². The van der Waals surface area contributed by atoms with Crippen LogP contribution in [0.1, 0.15) is 39.0 Å². The highest BCUT2D eigenvalue weighted by Gasteiger charge is 2.26. The molecule has 21 heavy (non-hydrogen) atoms. The van der Waals surface area contributed by atoms with Crippen LogP contribution in [0, 0.1) is 0 Å². The average Bonchev–Trinajstić information content (AvgIpc) is 2.79. The van der Waals surface area contributed by atoms with Gasteiger partial charge < -0.3 is 9.73 Å². The molecule has 0 saturated heterocycles. The van der Waals surface area contributed by atoms with Crippen LogP contribution in [0.5, 0.6) is 0 Å². The summed E-state index contributed by atoms with van der Waals surface area (Å²) in [6, 6.07) is 5.51. The lowest BCUT2D eigenvalue weighted by atomic mass is 10.1. The lowest BCUT2D eigenvalue weighted by molar-refractivity contribution is -0.135. The molecule has 0 amide bonds. The van der Waals surface area contributed by atoms with E-state index in [2.05, 4.69) is 10.3 Å². The van der Waals surface area contributed by atoms with E-state index in [1.54, 1.807) is 0 Å². The van der Waals surface area contributed by atoms with Gasteiger partial charge in [0.05, 0.1) is 0 Å². The van der Waals surface area contributed by atoms with Gasteiger partial charge in [-0.2, -0.15) is 13.2 Å². The molecule has 6 heteroatoms. The van der Waals surface area contributed by atoms with E-state index in [9.17, 15) is 13.2 Å². The second kappa shape index (κ2) is 6.37. The summed E-state index contributed by atoms with van der Waals surface area (Å²) >= 11 is 0. The third kappa shape index (κ3) is 4.65. The van der Waals surface area contributed by atoms with Crippen molar-refractivity contribution in [3.63, 3.8) is 0 Å². The normalized spacial score (nSPS) is 13.6. The van der Waals surface area contributed by atoms with Crippen LogP contribution in [0.15, 0.2) is 22.6 Å². The summed E-state index contributed by atoms with van der Waals surface area (Å²) in [4.78, 5) is 4.34. The number of halogens is 3. The molecule has 0 aliphatic heterocycles. The lowest BCUT2D eigenvalue weighted by Crippen LogP contribution is -2.16. The zero-order valence-electron chi connectivity index (χ0n) is 12.1. The zero-order valence-corrected chi connectivity index (χ0v) is 12.1. The van der Waals surface area contributed by atoms with Gasteiger partial charge in [-0.1, -0.05) is 6.92 Å². The van der Waals surface area contributed by atoms with Crippen molar-refractivity contribution in [2.24, 2.45) is 0 Å². The van der Waals surface area contributed by atoms with Gasteiger partial charge in [0.1, 0.15) is 5.52 Å². The Labute approximate surface area is 121 Å². The van der Waals surface area contributed by atoms with Gasteiger partial charge in [-0.3, -0.25) is 0 Å². The van der Waals surface area contributed by atoms with Crippen molar-refractivity contribution in [2.45, 2.75) is 51.7 Å². The number of rotatable bonds is 6. The van der Waals surface area contributed by atoms with Crippen molar-refractivity contribution in [2.75, 3.05) is 5.32 Å². The highest BCUT2D eigenvalue weighted by molar-refractivity contribution is 5.77. The zero-order chi connectivity index (χ0) is 15.5. The Kier molecular flexibility index (Phi) is 4.75. The molecule has 3 nitrogen and oxygen atoms in total. The molecule has 0 spiro atoms. The maximum absolute atomic E-state index is 12.1. The third-order valence-corrected chi connectivity index (χ3v) is 3.24. The molecule has 0 saturated carbocycles. The predicted molar refractivity (Wildman–Crippen MR) is 76.4 cm³/mol. The molecule has 0 aliphatic carbocycles. The summed E-state index contributed by atoms with van der Waals surface area (Å²) in [6.07, 6.45) is -3.48. The Hall–Kier alpha value is -1.72. The molecule has 0 aliphatic rings. The van der Waals surface area contributed by atoms with Crippen LogP contribution in [-0.4, -0.2) is 17.2 Å². The van der Waals surface area contributed by atoms with Crippen molar-refractivity contribution in [1.29, 1.82) is 0 Å². The Bertz CT molecular complexity index is 592. The van der Waals surface area contributed by atoms with Gasteiger partial charge in [0.2, 0.25) is 0 Å². The van der Waals surface area contributed by atoms with E-state index in [0.717, 1.165) is 23.2 Å². The van der Waals surface area contributed by atoms with Crippen LogP contribution in [0.2, 0.25) is 0 Å². The Morgan fingerprint density at radius 3 is 2.76 bits per heavy atom. The predicted octanol–water partition coefficient (Wildman–Crippen LogP) is 4.92. The highest BCUT2D eigenvalue weighted by atomic mass is 19.4. The number of fused-ring (bicyclic) bond motifs is 1. The first-order valence-corrected chi connectivity index (χ1v) is 7.10. The average molecular weight is 300 g/mol. The van der Waals surface area contributed by atoms with Gasteiger partial charge in [0.25, 0.3) is 0 Å². The van der Waals surface area contributed by atoms with Gasteiger partial charge in [-0.15, -0.1) is 0 Å². The number of oxazole rings is 1. The van der Waals surface area contributed by atoms with E-state index in [0.29, 0.717) is 12.3 Å². The minimum atomic E-state index is -4.07. The molecule has 2 rings (SSSR count). The van der Waals surface area contributed by atoms with Crippen LogP contribution in [0.3, 0.4) is 0 Å². The molecule has 0 bridgehead atoms. The summed E-state index contributed by atoms with van der Waals surface area (Å²) in [5.41, 5.74) is 2.33. The molecule has 2 aromatic rings. The third-order valence-electron chi connectivity index (χ3n) is 3.24. The molecule has 1 aromatic carbocycles. The van der Waals surface area contributed by atoms with E-state index in [1.165, 1.54) is 0 Å². The number of hydrogen-bond donors (Lipinski definition) is 1. The lowest BCUT2D eigenvalue weighted by Gasteiger charge is -2.15. The number of anilines is 1. The first-order chi connectivity index (χ1) is 9.87. The monoisotopic (exact) mass is 300 g/mol. The number of nitrogens with zero attached hydrogens (tertiary/aromatic N) is 1. The van der Waals surface area contributed by atoms with E-state index in [-0.39, 0.29) is 12.5 Å². The van der Waals surface area contributed by atoms with Crippen molar-refractivity contribution < 1.29 is 17.6 Å². The second-order valence-corrected chi connectivity index (χ2v) is 5.20. The number of hydrogen-bond acceptors (Lipinski definition) is 3. The molecule has 0 radical (unpaired) electrons. The molecule has 1 atom stereocenters. The van der Waals surface area contributed by atoms with Crippen LogP contribution >= 0.6 is 0 Å². The fraction of sp³-hybridized carbons (Fsp3) is 0.533. The number of nitrogens with one attached hydrogen (secondary N) is 1. The molecule has 0 fully saturated rings. The van der Waals surface area contributed by atoms with Crippen LogP contribution in [0.4, 0.5) is 18.9 Å². The summed E-state index contributed by atoms with van der Waals surface area (Å²) in [6.45, 7) is 3.84. The molecular weight excluding hydrogens is 281 g/mol. The fourth-order valence-electron chi connectivity index (χ4n) is 2.18. The van der Waals surface area contributed by atoms with Crippen molar-refractivity contribution >= 4 is 16.8 Å². The fourth-order valence-corrected chi connectivity index (χ4v) is 2.18. The van der Waals surface area contributed by atoms with E-state index >= 15 is 0 Å². The SMILES string of the molecule is CCc1nc2cc(NC(C)CCCC(F)(F)F)ccc2o1. The molecule has 116 valence electrons. The minimum Gasteiger partial charge on any atom is -0.441 e. The summed E-state index contributed by atoms with van der Waals surface area (Å²) in [5.74, 6) is 0.681. The summed E-state index contributed by atoms with van der Waals surface area (Å²) in [7, 11) is 0. The molecule has 1 heterocycles.